The molecule has 1 aliphatic heterocycles. The molecule has 1 aromatic carbocycles. The minimum atomic E-state index is 0.0169. The van der Waals surface area contributed by atoms with Crippen molar-refractivity contribution in [2.45, 2.75) is 6.42 Å². The highest BCUT2D eigenvalue weighted by Gasteiger charge is 2.27. The van der Waals surface area contributed by atoms with Crippen molar-refractivity contribution in [3.05, 3.63) is 34.4 Å². The maximum Gasteiger partial charge on any atom is 0.270 e. The summed E-state index contributed by atoms with van der Waals surface area (Å²) in [6.45, 7) is 1.53. The first-order valence-corrected chi connectivity index (χ1v) is 7.15. The van der Waals surface area contributed by atoms with Crippen LogP contribution in [0.25, 0.3) is 10.9 Å². The Hall–Kier alpha value is -1.33. The molecule has 1 unspecified atom stereocenters. The lowest BCUT2D eigenvalue weighted by atomic mass is 10.1. The van der Waals surface area contributed by atoms with Gasteiger partial charge < -0.3 is 15.0 Å². The third kappa shape index (κ3) is 2.40. The second-order valence-corrected chi connectivity index (χ2v) is 5.92. The van der Waals surface area contributed by atoms with Crippen molar-refractivity contribution in [1.82, 2.24) is 9.88 Å². The number of nitrogens with zero attached hydrogens (tertiary/aromatic N) is 1. The van der Waals surface area contributed by atoms with Gasteiger partial charge in [0.25, 0.3) is 5.91 Å². The number of amides is 1. The topological polar surface area (TPSA) is 56.3 Å². The largest absolute Gasteiger partial charge is 0.396 e. The third-order valence-electron chi connectivity index (χ3n) is 3.65. The Balaban J connectivity index is 1.86. The number of aliphatic hydroxyl groups excluding tert-OH is 1. The van der Waals surface area contributed by atoms with Gasteiger partial charge >= 0.3 is 0 Å². The quantitative estimate of drug-likeness (QED) is 0.892. The second kappa shape index (κ2) is 4.98. The van der Waals surface area contributed by atoms with Gasteiger partial charge in [-0.1, -0.05) is 22.0 Å². The second-order valence-electron chi connectivity index (χ2n) is 5.00. The van der Waals surface area contributed by atoms with E-state index < -0.39 is 0 Å². The molecule has 1 aromatic heterocycles. The fourth-order valence-corrected chi connectivity index (χ4v) is 2.91. The lowest BCUT2D eigenvalue weighted by Crippen LogP contribution is -2.29. The summed E-state index contributed by atoms with van der Waals surface area (Å²) in [6.07, 6.45) is 0.883. The summed E-state index contributed by atoms with van der Waals surface area (Å²) in [5.41, 5.74) is 1.57. The van der Waals surface area contributed by atoms with Crippen molar-refractivity contribution in [3.8, 4) is 0 Å². The number of aromatic amines is 1. The van der Waals surface area contributed by atoms with Crippen molar-refractivity contribution in [1.29, 1.82) is 0 Å². The minimum absolute atomic E-state index is 0.0169. The number of carbonyl (C=O) groups is 1. The summed E-state index contributed by atoms with van der Waals surface area (Å²) in [6, 6.07) is 7.79. The summed E-state index contributed by atoms with van der Waals surface area (Å²) >= 11 is 3.42. The van der Waals surface area contributed by atoms with Gasteiger partial charge in [0.05, 0.1) is 0 Å². The predicted octanol–water partition coefficient (Wildman–Crippen LogP) is 2.38. The van der Waals surface area contributed by atoms with Crippen molar-refractivity contribution in [2.24, 2.45) is 5.92 Å². The molecule has 0 saturated carbocycles. The first kappa shape index (κ1) is 12.7. The van der Waals surface area contributed by atoms with Crippen molar-refractivity contribution in [2.75, 3.05) is 19.7 Å². The Labute approximate surface area is 119 Å². The van der Waals surface area contributed by atoms with Crippen LogP contribution in [0.2, 0.25) is 0 Å². The third-order valence-corrected chi connectivity index (χ3v) is 4.14. The van der Waals surface area contributed by atoms with Gasteiger partial charge in [-0.15, -0.1) is 0 Å². The molecule has 5 heteroatoms. The van der Waals surface area contributed by atoms with E-state index >= 15 is 0 Å². The fourth-order valence-electron chi connectivity index (χ4n) is 2.55. The molecule has 4 nitrogen and oxygen atoms in total. The van der Waals surface area contributed by atoms with Crippen LogP contribution in [0.15, 0.2) is 28.7 Å². The number of hydrogen-bond donors (Lipinski definition) is 2. The smallest absolute Gasteiger partial charge is 0.270 e. The molecule has 100 valence electrons. The lowest BCUT2D eigenvalue weighted by molar-refractivity contribution is 0.0777. The summed E-state index contributed by atoms with van der Waals surface area (Å²) in [5, 5.41) is 10.2. The zero-order chi connectivity index (χ0) is 13.4. The van der Waals surface area contributed by atoms with E-state index in [4.69, 9.17) is 5.11 Å². The highest BCUT2D eigenvalue weighted by Crippen LogP contribution is 2.23. The van der Waals surface area contributed by atoms with E-state index in [0.717, 1.165) is 28.3 Å². The van der Waals surface area contributed by atoms with Crippen LogP contribution >= 0.6 is 15.9 Å². The van der Waals surface area contributed by atoms with Gasteiger partial charge in [-0.25, -0.2) is 0 Å². The number of H-pyrrole nitrogens is 1. The Bertz CT molecular complexity index is 623. The number of rotatable bonds is 2. The molecule has 0 radical (unpaired) electrons. The monoisotopic (exact) mass is 322 g/mol. The zero-order valence-electron chi connectivity index (χ0n) is 10.4. The molecule has 2 aromatic rings. The molecule has 0 bridgehead atoms. The Kier molecular flexibility index (Phi) is 3.33. The van der Waals surface area contributed by atoms with Gasteiger partial charge in [0.2, 0.25) is 0 Å². The van der Waals surface area contributed by atoms with E-state index in [-0.39, 0.29) is 18.4 Å². The van der Waals surface area contributed by atoms with Crippen LogP contribution in [-0.2, 0) is 0 Å². The maximum atomic E-state index is 12.4. The number of halogens is 1. The number of aromatic nitrogens is 1. The van der Waals surface area contributed by atoms with E-state index in [0.29, 0.717) is 12.2 Å². The highest BCUT2D eigenvalue weighted by molar-refractivity contribution is 9.10. The van der Waals surface area contributed by atoms with E-state index in [1.165, 1.54) is 0 Å². The average molecular weight is 323 g/mol. The molecular weight excluding hydrogens is 308 g/mol. The van der Waals surface area contributed by atoms with Crippen LogP contribution in [0, 0.1) is 5.92 Å². The molecule has 3 rings (SSSR count). The van der Waals surface area contributed by atoms with E-state index in [2.05, 4.69) is 20.9 Å². The summed E-state index contributed by atoms with van der Waals surface area (Å²) in [7, 11) is 0. The van der Waals surface area contributed by atoms with Crippen LogP contribution in [0.1, 0.15) is 16.9 Å². The Morgan fingerprint density at radius 2 is 2.32 bits per heavy atom. The standard InChI is InChI=1S/C14H15BrN2O2/c15-11-2-1-10-5-13(16-12(10)6-11)14(19)17-4-3-9(7-17)8-18/h1-2,5-6,9,16,18H,3-4,7-8H2. The lowest BCUT2D eigenvalue weighted by Gasteiger charge is -2.14. The SMILES string of the molecule is O=C(c1cc2ccc(Br)cc2[nH]1)N1CCC(CO)C1. The molecule has 2 heterocycles. The fraction of sp³-hybridized carbons (Fsp3) is 0.357. The molecule has 0 spiro atoms. The molecule has 1 amide bonds. The number of carbonyl (C=O) groups excluding carboxylic acids is 1. The van der Waals surface area contributed by atoms with Crippen LogP contribution in [0.3, 0.4) is 0 Å². The molecule has 19 heavy (non-hydrogen) atoms. The summed E-state index contributed by atoms with van der Waals surface area (Å²) in [5.74, 6) is 0.241. The van der Waals surface area contributed by atoms with Crippen LogP contribution in [-0.4, -0.2) is 40.6 Å². The van der Waals surface area contributed by atoms with Crippen molar-refractivity contribution in [3.63, 3.8) is 0 Å². The molecule has 2 N–H and O–H groups in total. The van der Waals surface area contributed by atoms with Gasteiger partial charge in [0, 0.05) is 41.0 Å². The van der Waals surface area contributed by atoms with Gasteiger partial charge in [0.1, 0.15) is 5.69 Å². The molecule has 0 aliphatic carbocycles. The molecular formula is C14H15BrN2O2. The van der Waals surface area contributed by atoms with E-state index in [1.807, 2.05) is 24.3 Å². The molecule has 1 aliphatic rings. The van der Waals surface area contributed by atoms with Crippen molar-refractivity contribution >= 4 is 32.7 Å². The number of hydrogen-bond acceptors (Lipinski definition) is 2. The number of benzene rings is 1. The number of nitrogens with one attached hydrogen (secondary N) is 1. The number of likely N-dealkylation sites (tertiary alicyclic amines) is 1. The normalized spacial score (nSPS) is 19.3. The van der Waals surface area contributed by atoms with Gasteiger partial charge in [-0.3, -0.25) is 4.79 Å². The Morgan fingerprint density at radius 1 is 1.47 bits per heavy atom. The summed E-state index contributed by atoms with van der Waals surface area (Å²) < 4.78 is 0.988. The minimum Gasteiger partial charge on any atom is -0.396 e. The van der Waals surface area contributed by atoms with Crippen LogP contribution in [0.5, 0.6) is 0 Å². The number of aliphatic hydroxyl groups is 1. The molecule has 1 atom stereocenters. The predicted molar refractivity (Wildman–Crippen MR) is 77.1 cm³/mol. The van der Waals surface area contributed by atoms with Gasteiger partial charge in [0.15, 0.2) is 0 Å². The Morgan fingerprint density at radius 3 is 3.05 bits per heavy atom. The maximum absolute atomic E-state index is 12.4. The van der Waals surface area contributed by atoms with E-state index in [1.54, 1.807) is 4.90 Å². The van der Waals surface area contributed by atoms with Gasteiger partial charge in [-0.05, 0) is 24.6 Å². The first-order chi connectivity index (χ1) is 9.17. The first-order valence-electron chi connectivity index (χ1n) is 6.36. The van der Waals surface area contributed by atoms with Crippen LogP contribution < -0.4 is 0 Å². The van der Waals surface area contributed by atoms with Crippen LogP contribution in [0.4, 0.5) is 0 Å². The zero-order valence-corrected chi connectivity index (χ0v) is 12.0. The summed E-state index contributed by atoms with van der Waals surface area (Å²) in [4.78, 5) is 17.3. The highest BCUT2D eigenvalue weighted by atomic mass is 79.9. The molecule has 1 fully saturated rings. The van der Waals surface area contributed by atoms with Crippen molar-refractivity contribution < 1.29 is 9.90 Å². The molecule has 1 saturated heterocycles. The average Bonchev–Trinajstić information content (AvgIpc) is 3.03. The van der Waals surface area contributed by atoms with E-state index in [9.17, 15) is 4.79 Å². The van der Waals surface area contributed by atoms with Gasteiger partial charge in [-0.2, -0.15) is 0 Å². The number of fused-ring (bicyclic) bond motifs is 1.